The molecule has 2 aromatic rings. The first-order chi connectivity index (χ1) is 12.3. The van der Waals surface area contributed by atoms with E-state index in [-0.39, 0.29) is 5.41 Å². The van der Waals surface area contributed by atoms with E-state index in [2.05, 4.69) is 66.1 Å². The van der Waals surface area contributed by atoms with Gasteiger partial charge in [-0.1, -0.05) is 54.4 Å². The molecule has 130 valence electrons. The smallest absolute Gasteiger partial charge is 0.109 e. The molecule has 25 heavy (non-hydrogen) atoms. The van der Waals surface area contributed by atoms with Crippen molar-refractivity contribution in [2.75, 3.05) is 18.4 Å². The second kappa shape index (κ2) is 7.01. The van der Waals surface area contributed by atoms with E-state index in [0.29, 0.717) is 0 Å². The Bertz CT molecular complexity index is 770. The lowest BCUT2D eigenvalue weighted by Crippen LogP contribution is -2.47. The molecule has 0 bridgehead atoms. The number of hydrogen-bond acceptors (Lipinski definition) is 2. The number of aliphatic imine (C=N–C) groups is 1. The second-order valence-electron chi connectivity index (χ2n) is 7.53. The second-order valence-corrected chi connectivity index (χ2v) is 7.53. The van der Waals surface area contributed by atoms with Gasteiger partial charge in [-0.3, -0.25) is 4.99 Å². The molecule has 0 aromatic heterocycles. The van der Waals surface area contributed by atoms with Crippen LogP contribution in [0.15, 0.2) is 53.5 Å². The van der Waals surface area contributed by atoms with E-state index in [4.69, 9.17) is 4.99 Å². The van der Waals surface area contributed by atoms with Crippen LogP contribution in [0.25, 0.3) is 0 Å². The van der Waals surface area contributed by atoms with Crippen molar-refractivity contribution in [2.24, 2.45) is 10.4 Å². The number of nitrogens with zero attached hydrogens (tertiary/aromatic N) is 1. The fourth-order valence-corrected chi connectivity index (χ4v) is 4.18. The average molecular weight is 333 g/mol. The lowest BCUT2D eigenvalue weighted by Gasteiger charge is -2.39. The summed E-state index contributed by atoms with van der Waals surface area (Å²) in [6.07, 6.45) is 4.80. The highest BCUT2D eigenvalue weighted by Gasteiger charge is 2.40. The van der Waals surface area contributed by atoms with Gasteiger partial charge in [-0.15, -0.1) is 0 Å². The van der Waals surface area contributed by atoms with E-state index in [9.17, 15) is 0 Å². The first-order valence-corrected chi connectivity index (χ1v) is 9.41. The number of anilines is 1. The third-order valence-electron chi connectivity index (χ3n) is 5.53. The van der Waals surface area contributed by atoms with E-state index < -0.39 is 0 Å². The van der Waals surface area contributed by atoms with Crippen LogP contribution >= 0.6 is 0 Å². The molecule has 4 rings (SSSR count). The highest BCUT2D eigenvalue weighted by atomic mass is 15.1. The maximum atomic E-state index is 5.08. The fourth-order valence-electron chi connectivity index (χ4n) is 4.18. The molecule has 1 spiro atoms. The molecule has 0 amide bonds. The van der Waals surface area contributed by atoms with Crippen molar-refractivity contribution in [1.29, 1.82) is 0 Å². The van der Waals surface area contributed by atoms with E-state index in [1.807, 2.05) is 0 Å². The van der Waals surface area contributed by atoms with Crippen LogP contribution in [0.4, 0.5) is 5.69 Å². The van der Waals surface area contributed by atoms with Crippen LogP contribution in [0.3, 0.4) is 0 Å². The van der Waals surface area contributed by atoms with Gasteiger partial charge >= 0.3 is 0 Å². The summed E-state index contributed by atoms with van der Waals surface area (Å²) in [5, 5.41) is 7.34. The normalized spacial score (nSPS) is 24.6. The topological polar surface area (TPSA) is 36.4 Å². The minimum Gasteiger partial charge on any atom is -0.343 e. The predicted octanol–water partition coefficient (Wildman–Crippen LogP) is 4.32. The summed E-state index contributed by atoms with van der Waals surface area (Å²) in [6.45, 7) is 5.02. The molecule has 1 atom stereocenters. The Balaban J connectivity index is 1.67. The van der Waals surface area contributed by atoms with Crippen molar-refractivity contribution in [2.45, 2.75) is 39.2 Å². The van der Waals surface area contributed by atoms with Gasteiger partial charge in [0.2, 0.25) is 0 Å². The Labute approximate surface area is 150 Å². The summed E-state index contributed by atoms with van der Waals surface area (Å²) in [6, 6.07) is 17.4. The van der Waals surface area contributed by atoms with Gasteiger partial charge in [0.1, 0.15) is 5.84 Å². The van der Waals surface area contributed by atoms with Crippen molar-refractivity contribution >= 4 is 11.5 Å². The molecule has 0 aliphatic carbocycles. The molecule has 3 heteroatoms. The highest BCUT2D eigenvalue weighted by molar-refractivity contribution is 6.02. The molecule has 1 fully saturated rings. The molecule has 2 aromatic carbocycles. The largest absolute Gasteiger partial charge is 0.343 e. The van der Waals surface area contributed by atoms with Crippen LogP contribution < -0.4 is 10.6 Å². The van der Waals surface area contributed by atoms with Gasteiger partial charge in [-0.25, -0.2) is 0 Å². The Morgan fingerprint density at radius 2 is 2.00 bits per heavy atom. The molecule has 1 unspecified atom stereocenters. The maximum Gasteiger partial charge on any atom is 0.109 e. The summed E-state index contributed by atoms with van der Waals surface area (Å²) in [5.41, 5.74) is 5.32. The van der Waals surface area contributed by atoms with Crippen LogP contribution in [0.2, 0.25) is 0 Å². The van der Waals surface area contributed by atoms with E-state index in [1.54, 1.807) is 0 Å². The van der Waals surface area contributed by atoms with Gasteiger partial charge in [0.05, 0.1) is 6.54 Å². The number of aryl methyl sites for hydroxylation is 1. The van der Waals surface area contributed by atoms with E-state index >= 15 is 0 Å². The maximum absolute atomic E-state index is 5.08. The van der Waals surface area contributed by atoms with Crippen LogP contribution in [0.5, 0.6) is 0 Å². The Hall–Kier alpha value is -2.13. The molecule has 2 heterocycles. The van der Waals surface area contributed by atoms with E-state index in [1.165, 1.54) is 47.5 Å². The summed E-state index contributed by atoms with van der Waals surface area (Å²) < 4.78 is 0. The number of fused-ring (bicyclic) bond motifs is 1. The first-order valence-electron chi connectivity index (χ1n) is 9.41. The standard InChI is InChI=1S/C22H27N3/c1-17-7-6-8-18(13-17)15-24-21-22(11-4-5-12-23-16-22)14-19-9-2-3-10-20(19)25-21/h2-3,6-10,13,23H,4-5,11-12,14-16H2,1H3,(H,24,25). The molecule has 0 saturated carbocycles. The van der Waals surface area contributed by atoms with Gasteiger partial charge < -0.3 is 10.6 Å². The molecule has 2 N–H and O–H groups in total. The zero-order chi connectivity index (χ0) is 17.1. The minimum absolute atomic E-state index is 0.106. The van der Waals surface area contributed by atoms with Crippen molar-refractivity contribution < 1.29 is 0 Å². The van der Waals surface area contributed by atoms with Crippen LogP contribution in [0.1, 0.15) is 36.0 Å². The van der Waals surface area contributed by atoms with Gasteiger partial charge in [0, 0.05) is 17.6 Å². The molecule has 1 saturated heterocycles. The van der Waals surface area contributed by atoms with E-state index in [0.717, 1.165) is 26.1 Å². The molecule has 2 aliphatic heterocycles. The zero-order valence-electron chi connectivity index (χ0n) is 15.0. The number of nitrogens with one attached hydrogen (secondary N) is 2. The Morgan fingerprint density at radius 3 is 2.92 bits per heavy atom. The van der Waals surface area contributed by atoms with Gasteiger partial charge in [0.25, 0.3) is 0 Å². The number of benzene rings is 2. The summed E-state index contributed by atoms with van der Waals surface area (Å²) >= 11 is 0. The van der Waals surface area contributed by atoms with Crippen LogP contribution in [0, 0.1) is 12.3 Å². The lowest BCUT2D eigenvalue weighted by atomic mass is 9.74. The van der Waals surface area contributed by atoms with Gasteiger partial charge in [-0.05, 0) is 49.9 Å². The summed E-state index contributed by atoms with van der Waals surface area (Å²) in [4.78, 5) is 5.08. The first kappa shape index (κ1) is 16.3. The zero-order valence-corrected chi connectivity index (χ0v) is 15.0. The number of hydrogen-bond donors (Lipinski definition) is 2. The van der Waals surface area contributed by atoms with Crippen molar-refractivity contribution in [1.82, 2.24) is 5.32 Å². The van der Waals surface area contributed by atoms with Crippen molar-refractivity contribution in [3.8, 4) is 0 Å². The summed E-state index contributed by atoms with van der Waals surface area (Å²) in [7, 11) is 0. The highest BCUT2D eigenvalue weighted by Crippen LogP contribution is 2.39. The number of rotatable bonds is 2. The third-order valence-corrected chi connectivity index (χ3v) is 5.53. The van der Waals surface area contributed by atoms with Gasteiger partial charge in [-0.2, -0.15) is 0 Å². The average Bonchev–Trinajstić information content (AvgIpc) is 2.86. The summed E-state index contributed by atoms with van der Waals surface area (Å²) in [5.74, 6) is 1.17. The van der Waals surface area contributed by atoms with Crippen LogP contribution in [-0.2, 0) is 13.0 Å². The van der Waals surface area contributed by atoms with Gasteiger partial charge in [0.15, 0.2) is 0 Å². The third kappa shape index (κ3) is 3.47. The number of para-hydroxylation sites is 1. The molecular weight excluding hydrogens is 306 g/mol. The fraction of sp³-hybridized carbons (Fsp3) is 0.409. The number of amidine groups is 1. The van der Waals surface area contributed by atoms with Crippen LogP contribution in [-0.4, -0.2) is 18.9 Å². The predicted molar refractivity (Wildman–Crippen MR) is 105 cm³/mol. The Kier molecular flexibility index (Phi) is 4.58. The molecule has 0 radical (unpaired) electrons. The molecule has 3 nitrogen and oxygen atoms in total. The van der Waals surface area contributed by atoms with Crippen molar-refractivity contribution in [3.05, 3.63) is 65.2 Å². The minimum atomic E-state index is 0.106. The molecule has 2 aliphatic rings. The molecular formula is C22H27N3. The monoisotopic (exact) mass is 333 g/mol. The SMILES string of the molecule is Cc1cccc(CN=C2Nc3ccccc3CC23CCCCNC3)c1. The van der Waals surface area contributed by atoms with Crippen molar-refractivity contribution in [3.63, 3.8) is 0 Å². The Morgan fingerprint density at radius 1 is 1.08 bits per heavy atom. The lowest BCUT2D eigenvalue weighted by molar-refractivity contribution is 0.374. The quantitative estimate of drug-likeness (QED) is 0.858.